The number of nitrogens with zero attached hydrogens (tertiary/aromatic N) is 2. The van der Waals surface area contributed by atoms with Crippen molar-refractivity contribution < 1.29 is 14.3 Å². The van der Waals surface area contributed by atoms with Crippen LogP contribution in [0.1, 0.15) is 0 Å². The Morgan fingerprint density at radius 1 is 1.41 bits per heavy atom. The van der Waals surface area contributed by atoms with Crippen molar-refractivity contribution in [3.63, 3.8) is 0 Å². The van der Waals surface area contributed by atoms with E-state index in [0.29, 0.717) is 13.2 Å². The Kier molecular flexibility index (Phi) is 6.13. The van der Waals surface area contributed by atoms with Gasteiger partial charge in [-0.2, -0.15) is 0 Å². The number of aromatic nitrogens is 2. The van der Waals surface area contributed by atoms with Crippen LogP contribution in [0.25, 0.3) is 0 Å². The number of methoxy groups -OCH3 is 1. The first-order valence-corrected chi connectivity index (χ1v) is 5.43. The number of nitrogens with one attached hydrogen (secondary N) is 1. The van der Waals surface area contributed by atoms with Crippen molar-refractivity contribution in [2.24, 2.45) is 0 Å². The van der Waals surface area contributed by atoms with Crippen molar-refractivity contribution in [1.82, 2.24) is 9.97 Å². The van der Waals surface area contributed by atoms with E-state index in [2.05, 4.69) is 15.3 Å². The molecule has 0 fully saturated rings. The fourth-order valence-corrected chi connectivity index (χ4v) is 1.19. The summed E-state index contributed by atoms with van der Waals surface area (Å²) in [7, 11) is 1.55. The summed E-state index contributed by atoms with van der Waals surface area (Å²) in [6, 6.07) is 0. The lowest BCUT2D eigenvalue weighted by Crippen LogP contribution is -2.20. The number of ether oxygens (including phenoxy) is 2. The van der Waals surface area contributed by atoms with Crippen molar-refractivity contribution >= 4 is 34.9 Å². The Balaban J connectivity index is 2.43. The van der Waals surface area contributed by atoms with Crippen LogP contribution in [0.15, 0.2) is 6.33 Å². The minimum atomic E-state index is -0.377. The van der Waals surface area contributed by atoms with Crippen LogP contribution in [0.2, 0.25) is 10.2 Å². The topological polar surface area (TPSA) is 73.3 Å². The van der Waals surface area contributed by atoms with Gasteiger partial charge in [0.15, 0.2) is 11.0 Å². The Hall–Kier alpha value is -0.950. The van der Waals surface area contributed by atoms with Gasteiger partial charge in [-0.25, -0.2) is 9.97 Å². The first-order valence-electron chi connectivity index (χ1n) is 4.67. The van der Waals surface area contributed by atoms with E-state index in [4.69, 9.17) is 32.7 Å². The summed E-state index contributed by atoms with van der Waals surface area (Å²) in [5.74, 6) is -0.218. The Morgan fingerprint density at radius 2 is 2.18 bits per heavy atom. The highest BCUT2D eigenvalue weighted by Crippen LogP contribution is 2.25. The maximum absolute atomic E-state index is 11.4. The lowest BCUT2D eigenvalue weighted by molar-refractivity contribution is -0.121. The number of anilines is 1. The van der Waals surface area contributed by atoms with Gasteiger partial charge in [0.1, 0.15) is 18.0 Å². The fourth-order valence-electron chi connectivity index (χ4n) is 0.911. The Morgan fingerprint density at radius 3 is 2.88 bits per heavy atom. The van der Waals surface area contributed by atoms with Crippen LogP contribution in [0.3, 0.4) is 0 Å². The smallest absolute Gasteiger partial charge is 0.251 e. The molecule has 17 heavy (non-hydrogen) atoms. The minimum absolute atomic E-state index is 0.0808. The molecule has 0 spiro atoms. The van der Waals surface area contributed by atoms with Crippen LogP contribution in [0.5, 0.6) is 0 Å². The Bertz CT molecular complexity index is 390. The van der Waals surface area contributed by atoms with Crippen molar-refractivity contribution in [3.05, 3.63) is 16.5 Å². The molecule has 1 rings (SSSR count). The zero-order valence-corrected chi connectivity index (χ0v) is 10.6. The maximum atomic E-state index is 11.4. The average Bonchev–Trinajstić information content (AvgIpc) is 2.31. The van der Waals surface area contributed by atoms with Crippen LogP contribution >= 0.6 is 23.2 Å². The molecule has 0 bridgehead atoms. The SMILES string of the molecule is COCCOCC(=O)Nc1ncnc(Cl)c1Cl. The van der Waals surface area contributed by atoms with Gasteiger partial charge >= 0.3 is 0 Å². The molecule has 8 heteroatoms. The molecule has 0 aliphatic rings. The van der Waals surface area contributed by atoms with E-state index >= 15 is 0 Å². The van der Waals surface area contributed by atoms with E-state index in [1.807, 2.05) is 0 Å². The zero-order chi connectivity index (χ0) is 12.7. The predicted molar refractivity (Wildman–Crippen MR) is 63.4 cm³/mol. The van der Waals surface area contributed by atoms with Crippen molar-refractivity contribution in [2.75, 3.05) is 32.2 Å². The standard InChI is InChI=1S/C9H11Cl2N3O3/c1-16-2-3-17-4-6(15)14-9-7(10)8(11)12-5-13-9/h5H,2-4H2,1H3,(H,12,13,14,15). The summed E-state index contributed by atoms with van der Waals surface area (Å²) in [6.07, 6.45) is 1.20. The third-order valence-electron chi connectivity index (χ3n) is 1.67. The summed E-state index contributed by atoms with van der Waals surface area (Å²) >= 11 is 11.4. The van der Waals surface area contributed by atoms with Gasteiger partial charge in [-0.05, 0) is 0 Å². The second-order valence-corrected chi connectivity index (χ2v) is 3.66. The molecule has 1 aromatic heterocycles. The number of hydrogen-bond acceptors (Lipinski definition) is 5. The first-order chi connectivity index (χ1) is 8.15. The largest absolute Gasteiger partial charge is 0.382 e. The summed E-state index contributed by atoms with van der Waals surface area (Å²) in [6.45, 7) is 0.650. The number of hydrogen-bond donors (Lipinski definition) is 1. The number of halogens is 2. The molecule has 0 saturated heterocycles. The monoisotopic (exact) mass is 279 g/mol. The molecular formula is C9H11Cl2N3O3. The predicted octanol–water partition coefficient (Wildman–Crippen LogP) is 1.38. The molecule has 94 valence electrons. The van der Waals surface area contributed by atoms with E-state index in [0.717, 1.165) is 0 Å². The lowest BCUT2D eigenvalue weighted by Gasteiger charge is -2.06. The molecule has 1 N–H and O–H groups in total. The normalized spacial score (nSPS) is 10.3. The Labute approximate surface area is 108 Å². The molecular weight excluding hydrogens is 269 g/mol. The fraction of sp³-hybridized carbons (Fsp3) is 0.444. The second kappa shape index (κ2) is 7.39. The van der Waals surface area contributed by atoms with Gasteiger partial charge in [0.2, 0.25) is 0 Å². The van der Waals surface area contributed by atoms with Crippen molar-refractivity contribution in [2.45, 2.75) is 0 Å². The van der Waals surface area contributed by atoms with Gasteiger partial charge in [0.25, 0.3) is 5.91 Å². The third-order valence-corrected chi connectivity index (χ3v) is 2.41. The van der Waals surface area contributed by atoms with Crippen LogP contribution < -0.4 is 5.32 Å². The average molecular weight is 280 g/mol. The number of rotatable bonds is 6. The highest BCUT2D eigenvalue weighted by atomic mass is 35.5. The quantitative estimate of drug-likeness (QED) is 0.629. The summed E-state index contributed by atoms with van der Waals surface area (Å²) in [5.41, 5.74) is 0. The molecule has 0 aliphatic heterocycles. The molecule has 0 aliphatic carbocycles. The molecule has 0 saturated carbocycles. The van der Waals surface area contributed by atoms with E-state index in [1.165, 1.54) is 6.33 Å². The van der Waals surface area contributed by atoms with Crippen LogP contribution in [0.4, 0.5) is 5.82 Å². The molecule has 1 aromatic rings. The molecule has 0 atom stereocenters. The van der Waals surface area contributed by atoms with Crippen LogP contribution in [-0.4, -0.2) is 42.8 Å². The van der Waals surface area contributed by atoms with Gasteiger partial charge in [-0.3, -0.25) is 4.79 Å². The van der Waals surface area contributed by atoms with Gasteiger partial charge in [0, 0.05) is 7.11 Å². The van der Waals surface area contributed by atoms with E-state index in [1.54, 1.807) is 7.11 Å². The van der Waals surface area contributed by atoms with E-state index < -0.39 is 0 Å². The minimum Gasteiger partial charge on any atom is -0.382 e. The first kappa shape index (κ1) is 14.1. The van der Waals surface area contributed by atoms with E-state index in [-0.39, 0.29) is 28.5 Å². The molecule has 6 nitrogen and oxygen atoms in total. The third kappa shape index (κ3) is 4.82. The second-order valence-electron chi connectivity index (χ2n) is 2.92. The lowest BCUT2D eigenvalue weighted by atomic mass is 10.5. The number of carbonyl (C=O) groups excluding carboxylic acids is 1. The van der Waals surface area contributed by atoms with Gasteiger partial charge in [-0.1, -0.05) is 23.2 Å². The summed E-state index contributed by atoms with van der Waals surface area (Å²) in [5, 5.41) is 2.63. The van der Waals surface area contributed by atoms with Crippen molar-refractivity contribution in [3.8, 4) is 0 Å². The van der Waals surface area contributed by atoms with Gasteiger partial charge in [-0.15, -0.1) is 0 Å². The highest BCUT2D eigenvalue weighted by Gasteiger charge is 2.10. The van der Waals surface area contributed by atoms with Gasteiger partial charge < -0.3 is 14.8 Å². The summed E-state index contributed by atoms with van der Waals surface area (Å²) in [4.78, 5) is 18.8. The highest BCUT2D eigenvalue weighted by molar-refractivity contribution is 6.42. The molecule has 0 radical (unpaired) electrons. The number of carbonyl (C=O) groups is 1. The van der Waals surface area contributed by atoms with Crippen molar-refractivity contribution in [1.29, 1.82) is 0 Å². The van der Waals surface area contributed by atoms with Gasteiger partial charge in [0.05, 0.1) is 13.2 Å². The summed E-state index contributed by atoms with van der Waals surface area (Å²) < 4.78 is 9.78. The molecule has 1 amide bonds. The number of amides is 1. The van der Waals surface area contributed by atoms with E-state index in [9.17, 15) is 4.79 Å². The molecule has 1 heterocycles. The molecule has 0 unspecified atom stereocenters. The maximum Gasteiger partial charge on any atom is 0.251 e. The van der Waals surface area contributed by atoms with Crippen LogP contribution in [-0.2, 0) is 14.3 Å². The molecule has 0 aromatic carbocycles. The zero-order valence-electron chi connectivity index (χ0n) is 9.07. The van der Waals surface area contributed by atoms with Crippen LogP contribution in [0, 0.1) is 0 Å².